The normalized spacial score (nSPS) is 19.3. The fourth-order valence-electron chi connectivity index (χ4n) is 2.92. The molecule has 2 heterocycles. The minimum Gasteiger partial charge on any atom is -0.223 e. The molecule has 148 valence electrons. The number of hydrogen-bond donors (Lipinski definition) is 1. The molecular formula is C16H20BrN3O4S3. The van der Waals surface area contributed by atoms with Crippen LogP contribution < -0.4 is 4.72 Å². The molecule has 3 rings (SSSR count). The zero-order valence-electron chi connectivity index (χ0n) is 14.6. The van der Waals surface area contributed by atoms with E-state index in [2.05, 4.69) is 25.6 Å². The Morgan fingerprint density at radius 1 is 1.26 bits per heavy atom. The third-order valence-electron chi connectivity index (χ3n) is 4.29. The Hall–Kier alpha value is -0.850. The van der Waals surface area contributed by atoms with Crippen LogP contribution in [0.15, 0.2) is 39.1 Å². The fourth-order valence-corrected chi connectivity index (χ4v) is 6.34. The van der Waals surface area contributed by atoms with E-state index in [-0.39, 0.29) is 24.0 Å². The standard InChI is InChI=1S/C16H20BrN3O4S3/c1-26(21,22)18-9-12-3-2-8-20(10-12)27(23,24)15-11-25-16(19-15)13-4-6-14(17)7-5-13/h4-7,11-12,18H,2-3,8-10H2,1H3. The van der Waals surface area contributed by atoms with Gasteiger partial charge in [0.25, 0.3) is 10.0 Å². The summed E-state index contributed by atoms with van der Waals surface area (Å²) in [5.74, 6) is -0.0483. The molecule has 7 nitrogen and oxygen atoms in total. The lowest BCUT2D eigenvalue weighted by Crippen LogP contribution is -2.43. The van der Waals surface area contributed by atoms with Crippen LogP contribution in [0.3, 0.4) is 0 Å². The van der Waals surface area contributed by atoms with Crippen molar-refractivity contribution in [2.75, 3.05) is 25.9 Å². The van der Waals surface area contributed by atoms with Gasteiger partial charge >= 0.3 is 0 Å². The fraction of sp³-hybridized carbons (Fsp3) is 0.438. The van der Waals surface area contributed by atoms with E-state index in [1.54, 1.807) is 5.38 Å². The SMILES string of the molecule is CS(=O)(=O)NCC1CCCN(S(=O)(=O)c2csc(-c3ccc(Br)cc3)n2)C1. The predicted octanol–water partition coefficient (Wildman–Crippen LogP) is 2.52. The van der Waals surface area contributed by atoms with Crippen LogP contribution >= 0.6 is 27.3 Å². The maximum absolute atomic E-state index is 13.0. The van der Waals surface area contributed by atoms with Gasteiger partial charge in [0.1, 0.15) is 5.01 Å². The van der Waals surface area contributed by atoms with Crippen molar-refractivity contribution in [3.8, 4) is 10.6 Å². The summed E-state index contributed by atoms with van der Waals surface area (Å²) in [6.07, 6.45) is 2.58. The van der Waals surface area contributed by atoms with Crippen molar-refractivity contribution in [2.24, 2.45) is 5.92 Å². The predicted molar refractivity (Wildman–Crippen MR) is 110 cm³/mol. The van der Waals surface area contributed by atoms with Crippen LogP contribution in [0.2, 0.25) is 0 Å². The van der Waals surface area contributed by atoms with Crippen molar-refractivity contribution in [1.29, 1.82) is 0 Å². The number of nitrogens with one attached hydrogen (secondary N) is 1. The van der Waals surface area contributed by atoms with Gasteiger partial charge in [0, 0.05) is 35.1 Å². The second kappa shape index (κ2) is 8.26. The van der Waals surface area contributed by atoms with Gasteiger partial charge in [0.05, 0.1) is 6.26 Å². The maximum Gasteiger partial charge on any atom is 0.261 e. The molecule has 0 spiro atoms. The molecular weight excluding hydrogens is 474 g/mol. The van der Waals surface area contributed by atoms with Crippen LogP contribution in [0.1, 0.15) is 12.8 Å². The highest BCUT2D eigenvalue weighted by molar-refractivity contribution is 9.10. The summed E-state index contributed by atoms with van der Waals surface area (Å²) in [4.78, 5) is 4.33. The Bertz CT molecular complexity index is 1000. The van der Waals surface area contributed by atoms with Gasteiger partial charge < -0.3 is 0 Å². The van der Waals surface area contributed by atoms with E-state index in [1.807, 2.05) is 24.3 Å². The van der Waals surface area contributed by atoms with Crippen molar-refractivity contribution in [2.45, 2.75) is 17.9 Å². The molecule has 1 atom stereocenters. The highest BCUT2D eigenvalue weighted by Crippen LogP contribution is 2.29. The summed E-state index contributed by atoms with van der Waals surface area (Å²) < 4.78 is 53.3. The molecule has 1 N–H and O–H groups in total. The third kappa shape index (κ3) is 5.36. The van der Waals surface area contributed by atoms with Crippen molar-refractivity contribution in [3.05, 3.63) is 34.1 Å². The molecule has 27 heavy (non-hydrogen) atoms. The molecule has 0 amide bonds. The summed E-state index contributed by atoms with van der Waals surface area (Å²) >= 11 is 4.67. The molecule has 2 aromatic rings. The topological polar surface area (TPSA) is 96.4 Å². The lowest BCUT2D eigenvalue weighted by atomic mass is 10.0. The second-order valence-electron chi connectivity index (χ2n) is 6.49. The van der Waals surface area contributed by atoms with Crippen LogP contribution in [0.4, 0.5) is 0 Å². The molecule has 1 saturated heterocycles. The maximum atomic E-state index is 13.0. The van der Waals surface area contributed by atoms with Gasteiger partial charge in [0.2, 0.25) is 10.0 Å². The van der Waals surface area contributed by atoms with Crippen molar-refractivity contribution in [1.82, 2.24) is 14.0 Å². The Balaban J connectivity index is 1.75. The number of aromatic nitrogens is 1. The van der Waals surface area contributed by atoms with Gasteiger partial charge in [-0.15, -0.1) is 11.3 Å². The van der Waals surface area contributed by atoms with Gasteiger partial charge in [-0.05, 0) is 30.9 Å². The first-order valence-electron chi connectivity index (χ1n) is 8.31. The lowest BCUT2D eigenvalue weighted by Gasteiger charge is -2.31. The molecule has 1 aromatic carbocycles. The summed E-state index contributed by atoms with van der Waals surface area (Å²) in [5.41, 5.74) is 0.860. The summed E-state index contributed by atoms with van der Waals surface area (Å²) in [5, 5.41) is 2.25. The molecule has 11 heteroatoms. The number of hydrogen-bond acceptors (Lipinski definition) is 6. The van der Waals surface area contributed by atoms with Crippen LogP contribution in [0.5, 0.6) is 0 Å². The number of benzene rings is 1. The van der Waals surface area contributed by atoms with Crippen molar-refractivity contribution >= 4 is 47.3 Å². The van der Waals surface area contributed by atoms with E-state index in [1.165, 1.54) is 15.6 Å². The zero-order chi connectivity index (χ0) is 19.7. The molecule has 0 radical (unpaired) electrons. The van der Waals surface area contributed by atoms with Crippen LogP contribution in [-0.2, 0) is 20.0 Å². The van der Waals surface area contributed by atoms with Gasteiger partial charge in [-0.3, -0.25) is 0 Å². The largest absolute Gasteiger partial charge is 0.261 e. The average molecular weight is 494 g/mol. The van der Waals surface area contributed by atoms with Crippen LogP contribution in [0.25, 0.3) is 10.6 Å². The zero-order valence-corrected chi connectivity index (χ0v) is 18.7. The number of halogens is 1. The van der Waals surface area contributed by atoms with E-state index in [0.29, 0.717) is 18.0 Å². The molecule has 0 bridgehead atoms. The van der Waals surface area contributed by atoms with Crippen LogP contribution in [-0.4, -0.2) is 52.0 Å². The smallest absolute Gasteiger partial charge is 0.223 e. The first kappa shape index (κ1) is 20.9. The Morgan fingerprint density at radius 2 is 1.96 bits per heavy atom. The molecule has 0 aliphatic carbocycles. The van der Waals surface area contributed by atoms with Gasteiger partial charge in [-0.2, -0.15) is 4.31 Å². The van der Waals surface area contributed by atoms with Crippen molar-refractivity contribution < 1.29 is 16.8 Å². The molecule has 1 fully saturated rings. The Morgan fingerprint density at radius 3 is 2.63 bits per heavy atom. The van der Waals surface area contributed by atoms with Gasteiger partial charge in [0.15, 0.2) is 5.03 Å². The van der Waals surface area contributed by atoms with E-state index >= 15 is 0 Å². The monoisotopic (exact) mass is 493 g/mol. The molecule has 1 aromatic heterocycles. The number of thiazole rings is 1. The number of sulfonamides is 2. The highest BCUT2D eigenvalue weighted by atomic mass is 79.9. The number of nitrogens with zero attached hydrogens (tertiary/aromatic N) is 2. The molecule has 1 unspecified atom stereocenters. The number of rotatable bonds is 6. The molecule has 0 saturated carbocycles. The second-order valence-corrected chi connectivity index (χ2v) is 12.0. The van der Waals surface area contributed by atoms with E-state index in [9.17, 15) is 16.8 Å². The van der Waals surface area contributed by atoms with Gasteiger partial charge in [-0.25, -0.2) is 26.5 Å². The van der Waals surface area contributed by atoms with Crippen LogP contribution in [0, 0.1) is 5.92 Å². The Labute approximate surface area is 172 Å². The third-order valence-corrected chi connectivity index (χ3v) is 8.30. The van der Waals surface area contributed by atoms with E-state index in [0.717, 1.165) is 22.7 Å². The molecule has 1 aliphatic rings. The molecule has 1 aliphatic heterocycles. The Kier molecular flexibility index (Phi) is 6.38. The first-order chi connectivity index (χ1) is 12.6. The average Bonchev–Trinajstić information content (AvgIpc) is 3.11. The minimum atomic E-state index is -3.70. The minimum absolute atomic E-state index is 0.0436. The highest BCUT2D eigenvalue weighted by Gasteiger charge is 2.32. The number of piperidine rings is 1. The first-order valence-corrected chi connectivity index (χ1v) is 13.3. The summed E-state index contributed by atoms with van der Waals surface area (Å²) in [7, 11) is -6.99. The summed E-state index contributed by atoms with van der Waals surface area (Å²) in [6, 6.07) is 7.53. The van der Waals surface area contributed by atoms with E-state index in [4.69, 9.17) is 0 Å². The van der Waals surface area contributed by atoms with Gasteiger partial charge in [-0.1, -0.05) is 28.1 Å². The quantitative estimate of drug-likeness (QED) is 0.666. The lowest BCUT2D eigenvalue weighted by molar-refractivity contribution is 0.267. The summed E-state index contributed by atoms with van der Waals surface area (Å²) in [6.45, 7) is 0.949. The van der Waals surface area contributed by atoms with E-state index < -0.39 is 20.0 Å². The van der Waals surface area contributed by atoms with Crippen molar-refractivity contribution in [3.63, 3.8) is 0 Å².